The molecule has 2 aromatic rings. The average molecular weight is 410 g/mol. The van der Waals surface area contributed by atoms with Crippen LogP contribution in [-0.2, 0) is 6.42 Å². The molecule has 0 saturated carbocycles. The van der Waals surface area contributed by atoms with Crippen LogP contribution in [0.2, 0.25) is 0 Å². The number of fused-ring (bicyclic) bond motifs is 1. The number of para-hydroxylation sites is 1. The van der Waals surface area contributed by atoms with Crippen molar-refractivity contribution >= 4 is 29.2 Å². The Morgan fingerprint density at radius 1 is 1.13 bits per heavy atom. The SMILES string of the molecule is CCc1cccc(C)c1NC(=O)NCCCN1C(=O)c2ccc([N+](=O)[O-])cc2C1=O. The molecule has 0 bridgehead atoms. The smallest absolute Gasteiger partial charge is 0.319 e. The van der Waals surface area contributed by atoms with E-state index in [0.29, 0.717) is 6.42 Å². The van der Waals surface area contributed by atoms with E-state index in [2.05, 4.69) is 10.6 Å². The van der Waals surface area contributed by atoms with Gasteiger partial charge >= 0.3 is 6.03 Å². The molecule has 2 N–H and O–H groups in total. The Bertz CT molecular complexity index is 1030. The van der Waals surface area contributed by atoms with Crippen LogP contribution in [0.25, 0.3) is 0 Å². The Labute approximate surface area is 173 Å². The van der Waals surface area contributed by atoms with Gasteiger partial charge in [0.2, 0.25) is 0 Å². The van der Waals surface area contributed by atoms with Crippen molar-refractivity contribution in [3.05, 3.63) is 68.8 Å². The standard InChI is InChI=1S/C21H22N4O5/c1-3-14-7-4-6-13(2)18(14)23-21(28)22-10-5-11-24-19(26)16-9-8-15(25(29)30)12-17(16)20(24)27/h4,6-9,12H,3,5,10-11H2,1-2H3,(H2,22,23,28). The lowest BCUT2D eigenvalue weighted by atomic mass is 10.1. The molecular weight excluding hydrogens is 388 g/mol. The fourth-order valence-electron chi connectivity index (χ4n) is 3.39. The van der Waals surface area contributed by atoms with E-state index in [1.54, 1.807) is 0 Å². The minimum absolute atomic E-state index is 0.0338. The molecule has 0 unspecified atom stereocenters. The van der Waals surface area contributed by atoms with E-state index in [0.717, 1.165) is 34.2 Å². The van der Waals surface area contributed by atoms with Gasteiger partial charge in [0.15, 0.2) is 0 Å². The number of urea groups is 1. The summed E-state index contributed by atoms with van der Waals surface area (Å²) in [6.45, 7) is 4.29. The summed E-state index contributed by atoms with van der Waals surface area (Å²) in [5.41, 5.74) is 2.72. The van der Waals surface area contributed by atoms with E-state index in [9.17, 15) is 24.5 Å². The predicted molar refractivity (Wildman–Crippen MR) is 111 cm³/mol. The number of carbonyl (C=O) groups is 3. The Hall–Kier alpha value is -3.75. The van der Waals surface area contributed by atoms with E-state index < -0.39 is 16.7 Å². The molecule has 0 fully saturated rings. The highest BCUT2D eigenvalue weighted by Crippen LogP contribution is 2.26. The van der Waals surface area contributed by atoms with Crippen molar-refractivity contribution in [2.75, 3.05) is 18.4 Å². The minimum atomic E-state index is -0.609. The number of hydrogen-bond acceptors (Lipinski definition) is 5. The molecule has 9 heteroatoms. The molecule has 0 aliphatic carbocycles. The second-order valence-corrected chi connectivity index (χ2v) is 6.95. The van der Waals surface area contributed by atoms with Crippen molar-refractivity contribution in [1.82, 2.24) is 10.2 Å². The lowest BCUT2D eigenvalue weighted by molar-refractivity contribution is -0.384. The van der Waals surface area contributed by atoms with Gasteiger partial charge in [0.05, 0.1) is 16.1 Å². The quantitative estimate of drug-likeness (QED) is 0.314. The van der Waals surface area contributed by atoms with Crippen molar-refractivity contribution in [2.45, 2.75) is 26.7 Å². The minimum Gasteiger partial charge on any atom is -0.338 e. The summed E-state index contributed by atoms with van der Waals surface area (Å²) in [7, 11) is 0. The summed E-state index contributed by atoms with van der Waals surface area (Å²) in [4.78, 5) is 48.4. The average Bonchev–Trinajstić information content (AvgIpc) is 2.96. The summed E-state index contributed by atoms with van der Waals surface area (Å²) in [6, 6.07) is 9.07. The van der Waals surface area contributed by atoms with Crippen molar-refractivity contribution in [3.8, 4) is 0 Å². The van der Waals surface area contributed by atoms with Gasteiger partial charge in [0, 0.05) is 30.9 Å². The number of aryl methyl sites for hydroxylation is 2. The van der Waals surface area contributed by atoms with Gasteiger partial charge in [-0.15, -0.1) is 0 Å². The first-order valence-electron chi connectivity index (χ1n) is 9.61. The highest BCUT2D eigenvalue weighted by molar-refractivity contribution is 6.21. The fraction of sp³-hybridized carbons (Fsp3) is 0.286. The number of rotatable bonds is 7. The first-order valence-corrected chi connectivity index (χ1v) is 9.61. The normalized spacial score (nSPS) is 12.7. The van der Waals surface area contributed by atoms with Crippen LogP contribution in [0.3, 0.4) is 0 Å². The maximum atomic E-state index is 12.4. The fourth-order valence-corrected chi connectivity index (χ4v) is 3.39. The zero-order chi connectivity index (χ0) is 21.8. The first-order chi connectivity index (χ1) is 14.3. The molecule has 156 valence electrons. The molecule has 30 heavy (non-hydrogen) atoms. The molecular formula is C21H22N4O5. The highest BCUT2D eigenvalue weighted by atomic mass is 16.6. The number of nitro groups is 1. The third kappa shape index (κ3) is 4.14. The van der Waals surface area contributed by atoms with Crippen LogP contribution in [0.5, 0.6) is 0 Å². The molecule has 1 heterocycles. The molecule has 0 radical (unpaired) electrons. The summed E-state index contributed by atoms with van der Waals surface area (Å²) >= 11 is 0. The van der Waals surface area contributed by atoms with E-state index in [-0.39, 0.29) is 35.9 Å². The molecule has 1 aliphatic heterocycles. The molecule has 0 aromatic heterocycles. The van der Waals surface area contributed by atoms with Gasteiger partial charge in [-0.2, -0.15) is 0 Å². The summed E-state index contributed by atoms with van der Waals surface area (Å²) < 4.78 is 0. The Morgan fingerprint density at radius 3 is 2.57 bits per heavy atom. The predicted octanol–water partition coefficient (Wildman–Crippen LogP) is 3.27. The monoisotopic (exact) mass is 410 g/mol. The molecule has 3 rings (SSSR count). The maximum absolute atomic E-state index is 12.4. The number of nitro benzene ring substituents is 1. The number of imide groups is 1. The largest absolute Gasteiger partial charge is 0.338 e. The van der Waals surface area contributed by atoms with E-state index in [1.807, 2.05) is 32.0 Å². The van der Waals surface area contributed by atoms with Crippen molar-refractivity contribution < 1.29 is 19.3 Å². The van der Waals surface area contributed by atoms with Gasteiger partial charge < -0.3 is 10.6 Å². The molecule has 4 amide bonds. The Morgan fingerprint density at radius 2 is 1.87 bits per heavy atom. The van der Waals surface area contributed by atoms with Crippen LogP contribution in [0, 0.1) is 17.0 Å². The van der Waals surface area contributed by atoms with Crippen LogP contribution in [0.4, 0.5) is 16.2 Å². The third-order valence-corrected chi connectivity index (χ3v) is 4.99. The van der Waals surface area contributed by atoms with Crippen LogP contribution >= 0.6 is 0 Å². The number of hydrogen-bond donors (Lipinski definition) is 2. The molecule has 0 spiro atoms. The van der Waals surface area contributed by atoms with Crippen LogP contribution in [0.15, 0.2) is 36.4 Å². The van der Waals surface area contributed by atoms with Gasteiger partial charge in [-0.1, -0.05) is 25.1 Å². The first kappa shape index (κ1) is 21.0. The third-order valence-electron chi connectivity index (χ3n) is 4.99. The summed E-state index contributed by atoms with van der Waals surface area (Å²) in [6.07, 6.45) is 1.14. The topological polar surface area (TPSA) is 122 Å². The van der Waals surface area contributed by atoms with Crippen molar-refractivity contribution in [2.24, 2.45) is 0 Å². The number of carbonyl (C=O) groups excluding carboxylic acids is 3. The van der Waals surface area contributed by atoms with E-state index in [1.165, 1.54) is 12.1 Å². The number of benzene rings is 2. The number of non-ortho nitro benzene ring substituents is 1. The zero-order valence-corrected chi connectivity index (χ0v) is 16.7. The summed E-state index contributed by atoms with van der Waals surface area (Å²) in [5, 5.41) is 16.5. The van der Waals surface area contributed by atoms with E-state index in [4.69, 9.17) is 0 Å². The molecule has 1 aliphatic rings. The Kier molecular flexibility index (Phi) is 6.10. The van der Waals surface area contributed by atoms with E-state index >= 15 is 0 Å². The van der Waals surface area contributed by atoms with Gasteiger partial charge in [0.25, 0.3) is 17.5 Å². The van der Waals surface area contributed by atoms with Gasteiger partial charge in [-0.25, -0.2) is 4.79 Å². The number of nitrogens with one attached hydrogen (secondary N) is 2. The Balaban J connectivity index is 1.54. The molecule has 0 saturated heterocycles. The lowest BCUT2D eigenvalue weighted by Crippen LogP contribution is -2.35. The zero-order valence-electron chi connectivity index (χ0n) is 16.7. The highest BCUT2D eigenvalue weighted by Gasteiger charge is 2.36. The van der Waals surface area contributed by atoms with Crippen LogP contribution in [-0.4, -0.2) is 40.8 Å². The number of amides is 4. The molecule has 9 nitrogen and oxygen atoms in total. The number of nitrogens with zero attached hydrogens (tertiary/aromatic N) is 2. The lowest BCUT2D eigenvalue weighted by Gasteiger charge is -2.15. The second-order valence-electron chi connectivity index (χ2n) is 6.95. The molecule has 2 aromatic carbocycles. The van der Waals surface area contributed by atoms with Gasteiger partial charge in [0.1, 0.15) is 0 Å². The number of anilines is 1. The van der Waals surface area contributed by atoms with Gasteiger partial charge in [-0.3, -0.25) is 24.6 Å². The van der Waals surface area contributed by atoms with Crippen molar-refractivity contribution in [3.63, 3.8) is 0 Å². The van der Waals surface area contributed by atoms with Crippen LogP contribution < -0.4 is 10.6 Å². The molecule has 0 atom stereocenters. The van der Waals surface area contributed by atoms with Gasteiger partial charge in [-0.05, 0) is 37.0 Å². The summed E-state index contributed by atoms with van der Waals surface area (Å²) in [5.74, 6) is -1.04. The maximum Gasteiger partial charge on any atom is 0.319 e. The van der Waals surface area contributed by atoms with Crippen molar-refractivity contribution in [1.29, 1.82) is 0 Å². The van der Waals surface area contributed by atoms with Crippen LogP contribution in [0.1, 0.15) is 45.2 Å². The second kappa shape index (κ2) is 8.73.